The molecule has 4 nitrogen and oxygen atoms in total. The normalized spacial score (nSPS) is 27.2. The molecule has 3 heterocycles. The summed E-state index contributed by atoms with van der Waals surface area (Å²) in [5.41, 5.74) is 0.0416. The van der Waals surface area contributed by atoms with E-state index in [9.17, 15) is 9.18 Å². The van der Waals surface area contributed by atoms with Crippen molar-refractivity contribution >= 4 is 17.5 Å². The number of amides is 1. The molecule has 1 aromatic heterocycles. The van der Waals surface area contributed by atoms with Gasteiger partial charge in [-0.2, -0.15) is 0 Å². The second kappa shape index (κ2) is 6.84. The third-order valence-corrected chi connectivity index (χ3v) is 6.50. The Kier molecular flexibility index (Phi) is 4.71. The second-order valence-electron chi connectivity index (χ2n) is 7.78. The van der Waals surface area contributed by atoms with Crippen LogP contribution in [0.2, 0.25) is 5.02 Å². The van der Waals surface area contributed by atoms with Crippen LogP contribution in [0.3, 0.4) is 0 Å². The van der Waals surface area contributed by atoms with Crippen molar-refractivity contribution in [3.63, 3.8) is 0 Å². The molecule has 1 amide bonds. The Hall–Kier alpha value is -1.20. The van der Waals surface area contributed by atoms with E-state index < -0.39 is 5.82 Å². The van der Waals surface area contributed by atoms with Crippen LogP contribution in [0.4, 0.5) is 4.39 Å². The van der Waals surface area contributed by atoms with Crippen molar-refractivity contribution in [1.82, 2.24) is 15.2 Å². The molecule has 0 radical (unpaired) electrons. The fraction of sp³-hybridized carbons (Fsp3) is 0.684. The molecule has 6 heteroatoms. The average molecular weight is 366 g/mol. The van der Waals surface area contributed by atoms with Crippen molar-refractivity contribution in [3.05, 3.63) is 28.8 Å². The first kappa shape index (κ1) is 17.2. The molecule has 1 aromatic rings. The first-order valence-corrected chi connectivity index (χ1v) is 9.83. The number of piperidine rings is 1. The highest BCUT2D eigenvalue weighted by Gasteiger charge is 2.54. The van der Waals surface area contributed by atoms with Gasteiger partial charge in [-0.15, -0.1) is 0 Å². The van der Waals surface area contributed by atoms with Gasteiger partial charge in [0.2, 0.25) is 5.91 Å². The Morgan fingerprint density at radius 2 is 1.96 bits per heavy atom. The summed E-state index contributed by atoms with van der Waals surface area (Å²) in [5.74, 6) is -0.167. The molecule has 1 aliphatic carbocycles. The van der Waals surface area contributed by atoms with Gasteiger partial charge in [-0.05, 0) is 51.3 Å². The number of pyridine rings is 1. The largest absolute Gasteiger partial charge is 0.330 e. The quantitative estimate of drug-likeness (QED) is 0.865. The lowest BCUT2D eigenvalue weighted by atomic mass is 9.76. The van der Waals surface area contributed by atoms with Gasteiger partial charge in [0.15, 0.2) is 0 Å². The predicted molar refractivity (Wildman–Crippen MR) is 94.8 cm³/mol. The standard InChI is InChI=1S/C19H25ClFN3O/c20-13-10-15(21)17(23-12-13)16-11-19(6-8-22-9-7-19)18(25)24(16)14-4-2-1-3-5-14/h10,12,14,16,22H,1-9,11H2. The van der Waals surface area contributed by atoms with E-state index in [1.165, 1.54) is 18.7 Å². The zero-order valence-corrected chi connectivity index (χ0v) is 15.2. The van der Waals surface area contributed by atoms with Crippen LogP contribution < -0.4 is 5.32 Å². The van der Waals surface area contributed by atoms with Gasteiger partial charge in [-0.1, -0.05) is 30.9 Å². The van der Waals surface area contributed by atoms with Gasteiger partial charge in [-0.25, -0.2) is 4.39 Å². The number of nitrogens with one attached hydrogen (secondary N) is 1. The summed E-state index contributed by atoms with van der Waals surface area (Å²) >= 11 is 5.89. The Labute approximate surface area is 153 Å². The van der Waals surface area contributed by atoms with E-state index in [0.717, 1.165) is 51.6 Å². The third kappa shape index (κ3) is 3.06. The van der Waals surface area contributed by atoms with Crippen LogP contribution in [0.5, 0.6) is 0 Å². The van der Waals surface area contributed by atoms with E-state index >= 15 is 0 Å². The second-order valence-corrected chi connectivity index (χ2v) is 8.21. The van der Waals surface area contributed by atoms with Crippen LogP contribution >= 0.6 is 11.6 Å². The van der Waals surface area contributed by atoms with Crippen LogP contribution in [0.25, 0.3) is 0 Å². The van der Waals surface area contributed by atoms with Crippen molar-refractivity contribution in [2.24, 2.45) is 5.41 Å². The molecular weight excluding hydrogens is 341 g/mol. The van der Waals surface area contributed by atoms with Crippen molar-refractivity contribution in [1.29, 1.82) is 0 Å². The summed E-state index contributed by atoms with van der Waals surface area (Å²) in [6, 6.07) is 1.28. The third-order valence-electron chi connectivity index (χ3n) is 6.29. The highest BCUT2D eigenvalue weighted by molar-refractivity contribution is 6.30. The van der Waals surface area contributed by atoms with Gasteiger partial charge in [-0.3, -0.25) is 9.78 Å². The molecular formula is C19H25ClFN3O. The number of halogens is 2. The Morgan fingerprint density at radius 1 is 1.24 bits per heavy atom. The molecule has 3 aliphatic rings. The minimum atomic E-state index is -0.392. The number of nitrogens with zero attached hydrogens (tertiary/aromatic N) is 2. The molecule has 25 heavy (non-hydrogen) atoms. The van der Waals surface area contributed by atoms with Crippen molar-refractivity contribution < 1.29 is 9.18 Å². The fourth-order valence-electron chi connectivity index (χ4n) is 4.97. The monoisotopic (exact) mass is 365 g/mol. The van der Waals surface area contributed by atoms with Crippen LogP contribution in [0, 0.1) is 11.2 Å². The summed E-state index contributed by atoms with van der Waals surface area (Å²) in [5, 5.41) is 3.64. The zero-order chi connectivity index (χ0) is 17.4. The maximum absolute atomic E-state index is 14.6. The van der Waals surface area contributed by atoms with E-state index in [-0.39, 0.29) is 23.4 Å². The maximum Gasteiger partial charge on any atom is 0.229 e. The number of hydrogen-bond donors (Lipinski definition) is 1. The fourth-order valence-corrected chi connectivity index (χ4v) is 5.12. The maximum atomic E-state index is 14.6. The summed E-state index contributed by atoms with van der Waals surface area (Å²) in [4.78, 5) is 19.8. The van der Waals surface area contributed by atoms with Gasteiger partial charge in [0.25, 0.3) is 0 Å². The highest BCUT2D eigenvalue weighted by atomic mass is 35.5. The van der Waals surface area contributed by atoms with Crippen LogP contribution in [0.15, 0.2) is 12.3 Å². The molecule has 4 rings (SSSR count). The van der Waals surface area contributed by atoms with E-state index in [1.807, 2.05) is 4.90 Å². The molecule has 136 valence electrons. The molecule has 0 bridgehead atoms. The van der Waals surface area contributed by atoms with Gasteiger partial charge >= 0.3 is 0 Å². The van der Waals surface area contributed by atoms with Crippen LogP contribution in [0.1, 0.15) is 63.1 Å². The average Bonchev–Trinajstić information content (AvgIpc) is 2.88. The lowest BCUT2D eigenvalue weighted by Crippen LogP contribution is -2.46. The van der Waals surface area contributed by atoms with Crippen LogP contribution in [-0.2, 0) is 4.79 Å². The number of likely N-dealkylation sites (tertiary alicyclic amines) is 1. The number of carbonyl (C=O) groups is 1. The summed E-state index contributed by atoms with van der Waals surface area (Å²) in [6.45, 7) is 1.71. The van der Waals surface area contributed by atoms with Gasteiger partial charge in [0.05, 0.1) is 22.2 Å². The summed E-state index contributed by atoms with van der Waals surface area (Å²) < 4.78 is 14.6. The summed E-state index contributed by atoms with van der Waals surface area (Å²) in [7, 11) is 0. The molecule has 0 aromatic carbocycles. The molecule has 2 aliphatic heterocycles. The predicted octanol–water partition coefficient (Wildman–Crippen LogP) is 3.85. The van der Waals surface area contributed by atoms with E-state index in [2.05, 4.69) is 10.3 Å². The lowest BCUT2D eigenvalue weighted by molar-refractivity contribution is -0.140. The smallest absolute Gasteiger partial charge is 0.229 e. The topological polar surface area (TPSA) is 45.2 Å². The molecule has 1 saturated carbocycles. The molecule has 1 unspecified atom stereocenters. The molecule has 1 N–H and O–H groups in total. The molecule has 2 saturated heterocycles. The molecule has 1 atom stereocenters. The van der Waals surface area contributed by atoms with Gasteiger partial charge < -0.3 is 10.2 Å². The van der Waals surface area contributed by atoms with Crippen molar-refractivity contribution in [3.8, 4) is 0 Å². The minimum absolute atomic E-state index is 0.220. The Balaban J connectivity index is 1.72. The number of rotatable bonds is 2. The van der Waals surface area contributed by atoms with E-state index in [0.29, 0.717) is 17.1 Å². The Bertz CT molecular complexity index is 656. The molecule has 1 spiro atoms. The van der Waals surface area contributed by atoms with E-state index in [4.69, 9.17) is 11.6 Å². The van der Waals surface area contributed by atoms with Gasteiger partial charge in [0.1, 0.15) is 5.82 Å². The lowest BCUT2D eigenvalue weighted by Gasteiger charge is -2.37. The minimum Gasteiger partial charge on any atom is -0.330 e. The van der Waals surface area contributed by atoms with Crippen molar-refractivity contribution in [2.45, 2.75) is 63.5 Å². The van der Waals surface area contributed by atoms with Gasteiger partial charge in [0, 0.05) is 12.2 Å². The number of carbonyl (C=O) groups excluding carboxylic acids is 1. The van der Waals surface area contributed by atoms with Crippen molar-refractivity contribution in [2.75, 3.05) is 13.1 Å². The molecule has 3 fully saturated rings. The first-order chi connectivity index (χ1) is 12.1. The van der Waals surface area contributed by atoms with E-state index in [1.54, 1.807) is 0 Å². The first-order valence-electron chi connectivity index (χ1n) is 9.45. The Morgan fingerprint density at radius 3 is 2.64 bits per heavy atom. The zero-order valence-electron chi connectivity index (χ0n) is 14.4. The number of hydrogen-bond acceptors (Lipinski definition) is 3. The summed E-state index contributed by atoms with van der Waals surface area (Å²) in [6.07, 6.45) is 9.40. The number of aromatic nitrogens is 1. The highest BCUT2D eigenvalue weighted by Crippen LogP contribution is 2.51. The van der Waals surface area contributed by atoms with Crippen LogP contribution in [-0.4, -0.2) is 34.9 Å². The SMILES string of the molecule is O=C1N(C2CCCCC2)C(c2ncc(Cl)cc2F)CC12CCNCC2.